The van der Waals surface area contributed by atoms with Crippen molar-refractivity contribution in [1.82, 2.24) is 0 Å². The van der Waals surface area contributed by atoms with Crippen LogP contribution in [0.15, 0.2) is 36.9 Å². The minimum atomic E-state index is 0.825. The molecule has 3 fully saturated rings. The van der Waals surface area contributed by atoms with Crippen LogP contribution in [0.5, 0.6) is 0 Å². The second kappa shape index (κ2) is 9.64. The molecule has 4 atom stereocenters. The summed E-state index contributed by atoms with van der Waals surface area (Å²) in [4.78, 5) is 0. The van der Waals surface area contributed by atoms with Crippen LogP contribution >= 0.6 is 0 Å². The van der Waals surface area contributed by atoms with Crippen molar-refractivity contribution in [3.63, 3.8) is 0 Å². The molecule has 1 aromatic carbocycles. The Kier molecular flexibility index (Phi) is 6.97. The zero-order valence-electron chi connectivity index (χ0n) is 18.3. The molecule has 4 unspecified atom stereocenters. The van der Waals surface area contributed by atoms with E-state index in [4.69, 9.17) is 0 Å². The Balaban J connectivity index is 1.29. The maximum atomic E-state index is 3.85. The van der Waals surface area contributed by atoms with Gasteiger partial charge in [-0.15, -0.1) is 6.58 Å². The van der Waals surface area contributed by atoms with E-state index in [0.29, 0.717) is 0 Å². The lowest BCUT2D eigenvalue weighted by Gasteiger charge is -2.45. The fourth-order valence-electron chi connectivity index (χ4n) is 6.95. The second-order valence-corrected chi connectivity index (χ2v) is 10.4. The lowest BCUT2D eigenvalue weighted by atomic mass is 9.60. The van der Waals surface area contributed by atoms with Crippen LogP contribution in [0, 0.1) is 29.6 Å². The maximum Gasteiger partial charge on any atom is -0.0159 e. The lowest BCUT2D eigenvalue weighted by Crippen LogP contribution is -2.34. The first kappa shape index (κ1) is 20.2. The molecule has 3 saturated carbocycles. The van der Waals surface area contributed by atoms with Gasteiger partial charge in [0, 0.05) is 0 Å². The molecule has 4 rings (SSSR count). The van der Waals surface area contributed by atoms with Crippen molar-refractivity contribution in [1.29, 1.82) is 0 Å². The zero-order valence-corrected chi connectivity index (χ0v) is 18.3. The molecule has 0 saturated heterocycles. The predicted octanol–water partition coefficient (Wildman–Crippen LogP) is 8.32. The number of fused-ring (bicyclic) bond motifs is 1. The van der Waals surface area contributed by atoms with Crippen LogP contribution < -0.4 is 0 Å². The van der Waals surface area contributed by atoms with Crippen molar-refractivity contribution in [2.45, 2.75) is 96.3 Å². The minimum Gasteiger partial charge on any atom is -0.103 e. The summed E-state index contributed by atoms with van der Waals surface area (Å²) in [6.45, 7) is 6.24. The highest BCUT2D eigenvalue weighted by Gasteiger charge is 2.38. The number of aryl methyl sites for hydroxylation is 1. The maximum absolute atomic E-state index is 3.85. The lowest BCUT2D eigenvalue weighted by molar-refractivity contribution is 0.0716. The van der Waals surface area contributed by atoms with Gasteiger partial charge in [0.2, 0.25) is 0 Å². The molecule has 0 radical (unpaired) electrons. The van der Waals surface area contributed by atoms with Crippen LogP contribution in [0.2, 0.25) is 0 Å². The molecule has 0 aromatic heterocycles. The summed E-state index contributed by atoms with van der Waals surface area (Å²) < 4.78 is 0. The van der Waals surface area contributed by atoms with Gasteiger partial charge in [-0.25, -0.2) is 0 Å². The highest BCUT2D eigenvalue weighted by molar-refractivity contribution is 5.26. The average molecular weight is 379 g/mol. The Labute approximate surface area is 174 Å². The van der Waals surface area contributed by atoms with Crippen LogP contribution in [0.4, 0.5) is 0 Å². The van der Waals surface area contributed by atoms with Gasteiger partial charge in [0.25, 0.3) is 0 Å². The molecular formula is C28H42. The fraction of sp³-hybridized carbons (Fsp3) is 0.714. The van der Waals surface area contributed by atoms with Gasteiger partial charge >= 0.3 is 0 Å². The third-order valence-electron chi connectivity index (χ3n) is 8.88. The molecule has 0 N–H and O–H groups in total. The molecule has 1 aromatic rings. The first-order valence-corrected chi connectivity index (χ1v) is 12.5. The van der Waals surface area contributed by atoms with E-state index in [1.165, 1.54) is 56.9 Å². The average Bonchev–Trinajstić information content (AvgIpc) is 2.77. The smallest absolute Gasteiger partial charge is 0.0159 e. The molecule has 154 valence electrons. The first-order valence-electron chi connectivity index (χ1n) is 12.5. The normalized spacial score (nSPS) is 35.9. The van der Waals surface area contributed by atoms with Crippen molar-refractivity contribution >= 4 is 0 Å². The van der Waals surface area contributed by atoms with Crippen molar-refractivity contribution in [3.05, 3.63) is 48.0 Å². The molecule has 0 nitrogen and oxygen atoms in total. The molecule has 3 aliphatic rings. The number of hydrogen-bond donors (Lipinski definition) is 0. The molecule has 0 heterocycles. The van der Waals surface area contributed by atoms with E-state index in [0.717, 1.165) is 48.3 Å². The number of hydrogen-bond acceptors (Lipinski definition) is 0. The van der Waals surface area contributed by atoms with Crippen molar-refractivity contribution in [2.75, 3.05) is 0 Å². The van der Waals surface area contributed by atoms with E-state index in [1.54, 1.807) is 24.8 Å². The van der Waals surface area contributed by atoms with Crippen LogP contribution in [-0.2, 0) is 6.42 Å². The minimum absolute atomic E-state index is 0.825. The highest BCUT2D eigenvalue weighted by Crippen LogP contribution is 2.50. The number of rotatable bonds is 6. The van der Waals surface area contributed by atoms with E-state index in [1.807, 2.05) is 6.08 Å². The molecule has 0 bridgehead atoms. The van der Waals surface area contributed by atoms with Gasteiger partial charge < -0.3 is 0 Å². The topological polar surface area (TPSA) is 0 Å². The Bertz CT molecular complexity index is 603. The van der Waals surface area contributed by atoms with Gasteiger partial charge in [-0.05, 0) is 111 Å². The molecular weight excluding hydrogens is 336 g/mol. The van der Waals surface area contributed by atoms with Gasteiger partial charge in [0.05, 0.1) is 0 Å². The van der Waals surface area contributed by atoms with Crippen molar-refractivity contribution < 1.29 is 0 Å². The summed E-state index contributed by atoms with van der Waals surface area (Å²) in [5.41, 5.74) is 3.08. The molecule has 3 aliphatic carbocycles. The summed E-state index contributed by atoms with van der Waals surface area (Å²) in [6, 6.07) is 9.60. The van der Waals surface area contributed by atoms with Gasteiger partial charge in [-0.2, -0.15) is 0 Å². The largest absolute Gasteiger partial charge is 0.103 e. The van der Waals surface area contributed by atoms with E-state index in [-0.39, 0.29) is 0 Å². The SMILES string of the molecule is C=CCCc1ccc(C2CCC3CC(C4CCC(CC)CC4)CCC3C2)cc1. The van der Waals surface area contributed by atoms with Crippen LogP contribution in [0.1, 0.15) is 101 Å². The summed E-state index contributed by atoms with van der Waals surface area (Å²) in [5, 5.41) is 0. The summed E-state index contributed by atoms with van der Waals surface area (Å²) in [6.07, 6.45) is 20.8. The summed E-state index contributed by atoms with van der Waals surface area (Å²) in [7, 11) is 0. The monoisotopic (exact) mass is 378 g/mol. The zero-order chi connectivity index (χ0) is 19.3. The van der Waals surface area contributed by atoms with Crippen molar-refractivity contribution in [3.8, 4) is 0 Å². The van der Waals surface area contributed by atoms with Crippen LogP contribution in [-0.4, -0.2) is 0 Å². The van der Waals surface area contributed by atoms with Crippen LogP contribution in [0.25, 0.3) is 0 Å². The Hall–Kier alpha value is -1.04. The third kappa shape index (κ3) is 4.74. The molecule has 0 amide bonds. The van der Waals surface area contributed by atoms with Gasteiger partial charge in [0.15, 0.2) is 0 Å². The highest BCUT2D eigenvalue weighted by atomic mass is 14.4. The molecule has 28 heavy (non-hydrogen) atoms. The van der Waals surface area contributed by atoms with E-state index < -0.39 is 0 Å². The third-order valence-corrected chi connectivity index (χ3v) is 8.88. The summed E-state index contributed by atoms with van der Waals surface area (Å²) >= 11 is 0. The quantitative estimate of drug-likeness (QED) is 0.436. The molecule has 0 heteroatoms. The Morgan fingerprint density at radius 1 is 0.786 bits per heavy atom. The van der Waals surface area contributed by atoms with E-state index >= 15 is 0 Å². The predicted molar refractivity (Wildman–Crippen MR) is 122 cm³/mol. The number of allylic oxidation sites excluding steroid dienone is 1. The first-order chi connectivity index (χ1) is 13.8. The second-order valence-electron chi connectivity index (χ2n) is 10.4. The van der Waals surface area contributed by atoms with Gasteiger partial charge in [-0.1, -0.05) is 56.5 Å². The Morgan fingerprint density at radius 2 is 1.39 bits per heavy atom. The van der Waals surface area contributed by atoms with Crippen LogP contribution in [0.3, 0.4) is 0 Å². The van der Waals surface area contributed by atoms with Gasteiger partial charge in [-0.3, -0.25) is 0 Å². The molecule has 0 spiro atoms. The molecule has 0 aliphatic heterocycles. The van der Waals surface area contributed by atoms with Crippen molar-refractivity contribution in [2.24, 2.45) is 29.6 Å². The van der Waals surface area contributed by atoms with E-state index in [9.17, 15) is 0 Å². The number of benzene rings is 1. The van der Waals surface area contributed by atoms with Gasteiger partial charge in [0.1, 0.15) is 0 Å². The van der Waals surface area contributed by atoms with E-state index in [2.05, 4.69) is 37.8 Å². The standard InChI is InChI=1S/C28H42/c1-3-5-6-22-9-13-24(14-10-22)26-16-18-27-19-25(15-17-28(27)20-26)23-11-7-21(4-2)8-12-23/h3,9-10,13-14,21,23,25-28H,1,4-8,11-12,15-20H2,2H3. The Morgan fingerprint density at radius 3 is 2.07 bits per heavy atom. The fourth-order valence-corrected chi connectivity index (χ4v) is 6.95. The summed E-state index contributed by atoms with van der Waals surface area (Å²) in [5.74, 6) is 6.08.